The van der Waals surface area contributed by atoms with Crippen molar-refractivity contribution in [3.05, 3.63) is 54.2 Å². The highest BCUT2D eigenvalue weighted by Crippen LogP contribution is 2.25. The Balaban J connectivity index is 1.24. The third kappa shape index (κ3) is 5.80. The van der Waals surface area contributed by atoms with Crippen LogP contribution in [-0.2, 0) is 19.5 Å². The summed E-state index contributed by atoms with van der Waals surface area (Å²) >= 11 is 0. The molecule has 2 saturated heterocycles. The van der Waals surface area contributed by atoms with Crippen LogP contribution >= 0.6 is 0 Å². The summed E-state index contributed by atoms with van der Waals surface area (Å²) in [5.74, 6) is 0.312. The van der Waals surface area contributed by atoms with E-state index in [0.717, 1.165) is 30.0 Å². The fourth-order valence-electron chi connectivity index (χ4n) is 4.64. The minimum absolute atomic E-state index is 0.140. The third-order valence-corrected chi connectivity index (χ3v) is 8.64. The van der Waals surface area contributed by atoms with Crippen LogP contribution in [0.4, 0.5) is 5.95 Å². The monoisotopic (exact) mass is 540 g/mol. The molecule has 0 spiro atoms. The van der Waals surface area contributed by atoms with Gasteiger partial charge in [0.2, 0.25) is 21.9 Å². The van der Waals surface area contributed by atoms with Crippen LogP contribution in [0.5, 0.6) is 5.88 Å². The lowest BCUT2D eigenvalue weighted by Gasteiger charge is -2.34. The molecule has 1 atom stereocenters. The second kappa shape index (κ2) is 11.7. The van der Waals surface area contributed by atoms with Gasteiger partial charge in [-0.3, -0.25) is 4.79 Å². The molecule has 3 aromatic rings. The molecule has 0 amide bonds. The molecule has 0 saturated carbocycles. The molecular formula is C27H32N4O6S. The van der Waals surface area contributed by atoms with E-state index in [2.05, 4.69) is 9.97 Å². The standard InChI is InChI=1S/C27H32N4O6S/c1-2-35-26-23(24(32)19-37-25-9-5-6-16-36-25)18-28-27(29-26)30-12-14-31(15-13-30)38(33,34)22-11-10-20-7-3-4-8-21(20)17-22/h3-4,7-8,10-11,17-18,25H,2,5-6,9,12-16,19H2,1H3. The number of ketones is 1. The molecule has 11 heteroatoms. The molecule has 1 unspecified atom stereocenters. The lowest BCUT2D eigenvalue weighted by molar-refractivity contribution is -0.155. The number of aromatic nitrogens is 2. The van der Waals surface area contributed by atoms with E-state index in [1.54, 1.807) is 12.1 Å². The molecule has 5 rings (SSSR count). The molecule has 3 heterocycles. The Hall–Kier alpha value is -3.12. The normalized spacial score (nSPS) is 19.0. The Kier molecular flexibility index (Phi) is 8.18. The number of Topliss-reactive ketones (excluding diaryl/α,β-unsaturated/α-hetero) is 1. The first-order valence-electron chi connectivity index (χ1n) is 13.0. The van der Waals surface area contributed by atoms with Crippen molar-refractivity contribution in [3.8, 4) is 5.88 Å². The first-order chi connectivity index (χ1) is 18.5. The zero-order chi connectivity index (χ0) is 26.5. The van der Waals surface area contributed by atoms with Gasteiger partial charge < -0.3 is 19.1 Å². The number of benzene rings is 2. The van der Waals surface area contributed by atoms with Crippen LogP contribution in [0, 0.1) is 0 Å². The van der Waals surface area contributed by atoms with Crippen molar-refractivity contribution in [2.75, 3.05) is 50.9 Å². The number of nitrogens with zero attached hydrogens (tertiary/aromatic N) is 4. The van der Waals surface area contributed by atoms with Crippen LogP contribution in [0.2, 0.25) is 0 Å². The van der Waals surface area contributed by atoms with E-state index in [-0.39, 0.29) is 35.0 Å². The minimum Gasteiger partial charge on any atom is -0.477 e. The number of ether oxygens (including phenoxy) is 3. The Bertz CT molecular complexity index is 1390. The molecule has 0 radical (unpaired) electrons. The van der Waals surface area contributed by atoms with E-state index >= 15 is 0 Å². The highest BCUT2D eigenvalue weighted by Gasteiger charge is 2.30. The van der Waals surface area contributed by atoms with E-state index in [4.69, 9.17) is 14.2 Å². The summed E-state index contributed by atoms with van der Waals surface area (Å²) in [6.45, 7) is 4.05. The van der Waals surface area contributed by atoms with E-state index in [0.29, 0.717) is 45.3 Å². The van der Waals surface area contributed by atoms with Crippen molar-refractivity contribution in [1.29, 1.82) is 0 Å². The maximum atomic E-state index is 13.3. The molecule has 10 nitrogen and oxygen atoms in total. The van der Waals surface area contributed by atoms with Gasteiger partial charge in [0.05, 0.1) is 11.5 Å². The lowest BCUT2D eigenvalue weighted by Crippen LogP contribution is -2.49. The lowest BCUT2D eigenvalue weighted by atomic mass is 10.1. The summed E-state index contributed by atoms with van der Waals surface area (Å²) in [6.07, 6.45) is 3.87. The summed E-state index contributed by atoms with van der Waals surface area (Å²) in [6, 6.07) is 12.9. The Morgan fingerprint density at radius 1 is 1.08 bits per heavy atom. The molecule has 38 heavy (non-hydrogen) atoms. The molecule has 2 aliphatic heterocycles. The topological polar surface area (TPSA) is 111 Å². The first-order valence-corrected chi connectivity index (χ1v) is 14.4. The fourth-order valence-corrected chi connectivity index (χ4v) is 6.10. The average Bonchev–Trinajstić information content (AvgIpc) is 2.96. The number of carbonyl (C=O) groups is 1. The van der Waals surface area contributed by atoms with E-state index in [9.17, 15) is 13.2 Å². The van der Waals surface area contributed by atoms with Gasteiger partial charge in [-0.25, -0.2) is 13.4 Å². The van der Waals surface area contributed by atoms with Gasteiger partial charge in [-0.05, 0) is 49.1 Å². The van der Waals surface area contributed by atoms with Crippen LogP contribution in [0.1, 0.15) is 36.5 Å². The van der Waals surface area contributed by atoms with Crippen LogP contribution in [0.25, 0.3) is 10.8 Å². The molecule has 2 aliphatic rings. The second-order valence-corrected chi connectivity index (χ2v) is 11.2. The highest BCUT2D eigenvalue weighted by molar-refractivity contribution is 7.89. The van der Waals surface area contributed by atoms with Gasteiger partial charge in [0, 0.05) is 39.0 Å². The van der Waals surface area contributed by atoms with Crippen molar-refractivity contribution in [3.63, 3.8) is 0 Å². The Morgan fingerprint density at radius 2 is 1.87 bits per heavy atom. The maximum absolute atomic E-state index is 13.3. The Labute approximate surface area is 222 Å². The van der Waals surface area contributed by atoms with E-state index in [1.807, 2.05) is 42.2 Å². The SMILES string of the molecule is CCOc1nc(N2CCN(S(=O)(=O)c3ccc4ccccc4c3)CC2)ncc1C(=O)COC1CCCCO1. The quantitative estimate of drug-likeness (QED) is 0.378. The molecule has 0 bridgehead atoms. The summed E-state index contributed by atoms with van der Waals surface area (Å²) < 4.78 is 44.9. The van der Waals surface area contributed by atoms with E-state index in [1.165, 1.54) is 10.5 Å². The van der Waals surface area contributed by atoms with Crippen molar-refractivity contribution in [1.82, 2.24) is 14.3 Å². The summed E-state index contributed by atoms with van der Waals surface area (Å²) in [5, 5.41) is 1.88. The molecule has 2 aromatic carbocycles. The predicted octanol–water partition coefficient (Wildman–Crippen LogP) is 3.27. The molecule has 202 valence electrons. The zero-order valence-corrected chi connectivity index (χ0v) is 22.2. The van der Waals surface area contributed by atoms with Crippen LogP contribution < -0.4 is 9.64 Å². The maximum Gasteiger partial charge on any atom is 0.243 e. The number of rotatable bonds is 9. The largest absolute Gasteiger partial charge is 0.477 e. The van der Waals surface area contributed by atoms with Crippen molar-refractivity contribution >= 4 is 32.5 Å². The van der Waals surface area contributed by atoms with Crippen molar-refractivity contribution < 1.29 is 27.4 Å². The summed E-state index contributed by atoms with van der Waals surface area (Å²) in [7, 11) is -3.64. The van der Waals surface area contributed by atoms with Gasteiger partial charge in [0.25, 0.3) is 0 Å². The molecule has 2 fully saturated rings. The van der Waals surface area contributed by atoms with Crippen LogP contribution in [0.15, 0.2) is 53.6 Å². The fraction of sp³-hybridized carbons (Fsp3) is 0.444. The minimum atomic E-state index is -3.64. The summed E-state index contributed by atoms with van der Waals surface area (Å²) in [4.78, 5) is 23.9. The van der Waals surface area contributed by atoms with Crippen molar-refractivity contribution in [2.45, 2.75) is 37.4 Å². The summed E-state index contributed by atoms with van der Waals surface area (Å²) in [5.41, 5.74) is 0.254. The first kappa shape index (κ1) is 26.5. The van der Waals surface area contributed by atoms with E-state index < -0.39 is 10.0 Å². The molecule has 0 aliphatic carbocycles. The molecule has 1 aromatic heterocycles. The van der Waals surface area contributed by atoms with Gasteiger partial charge in [0.15, 0.2) is 12.1 Å². The van der Waals surface area contributed by atoms with Gasteiger partial charge in [-0.15, -0.1) is 0 Å². The van der Waals surface area contributed by atoms with Crippen LogP contribution in [-0.4, -0.2) is 80.8 Å². The Morgan fingerprint density at radius 3 is 2.61 bits per heavy atom. The average molecular weight is 541 g/mol. The second-order valence-electron chi connectivity index (χ2n) is 9.25. The van der Waals surface area contributed by atoms with Gasteiger partial charge >= 0.3 is 0 Å². The smallest absolute Gasteiger partial charge is 0.243 e. The molecular weight excluding hydrogens is 508 g/mol. The zero-order valence-electron chi connectivity index (χ0n) is 21.4. The number of hydrogen-bond donors (Lipinski definition) is 0. The van der Waals surface area contributed by atoms with Gasteiger partial charge in [0.1, 0.15) is 12.2 Å². The van der Waals surface area contributed by atoms with Crippen molar-refractivity contribution in [2.24, 2.45) is 0 Å². The number of anilines is 1. The molecule has 0 N–H and O–H groups in total. The highest BCUT2D eigenvalue weighted by atomic mass is 32.2. The number of fused-ring (bicyclic) bond motifs is 1. The number of sulfonamides is 1. The van der Waals surface area contributed by atoms with Crippen LogP contribution in [0.3, 0.4) is 0 Å². The number of carbonyl (C=O) groups excluding carboxylic acids is 1. The third-order valence-electron chi connectivity index (χ3n) is 6.74. The van der Waals surface area contributed by atoms with Gasteiger partial charge in [-0.1, -0.05) is 30.3 Å². The number of hydrogen-bond acceptors (Lipinski definition) is 9. The predicted molar refractivity (Wildman–Crippen MR) is 142 cm³/mol. The number of piperazine rings is 1. The van der Waals surface area contributed by atoms with Gasteiger partial charge in [-0.2, -0.15) is 9.29 Å².